The van der Waals surface area contributed by atoms with Crippen LogP contribution in [0.1, 0.15) is 29.3 Å². The molecule has 8 heteroatoms. The molecule has 0 amide bonds. The molecule has 0 aliphatic heterocycles. The van der Waals surface area contributed by atoms with Crippen LogP contribution >= 0.6 is 15.9 Å². The Kier molecular flexibility index (Phi) is 6.99. The molecule has 2 aromatic carbocycles. The highest BCUT2D eigenvalue weighted by atomic mass is 79.9. The van der Waals surface area contributed by atoms with Crippen molar-refractivity contribution in [2.24, 2.45) is 0 Å². The second-order valence-corrected chi connectivity index (χ2v) is 7.22. The molecule has 0 aliphatic rings. The number of halogens is 1. The van der Waals surface area contributed by atoms with Gasteiger partial charge in [0.25, 0.3) is 0 Å². The van der Waals surface area contributed by atoms with Crippen molar-refractivity contribution in [3.05, 3.63) is 62.4 Å². The highest BCUT2D eigenvalue weighted by Crippen LogP contribution is 2.37. The minimum absolute atomic E-state index is 0.0959. The first-order valence-electron chi connectivity index (χ1n) is 9.25. The number of benzene rings is 2. The molecule has 0 N–H and O–H groups in total. The lowest BCUT2D eigenvalue weighted by Crippen LogP contribution is -2.09. The fraction of sp³-hybridized carbons (Fsp3) is 0.273. The Morgan fingerprint density at radius 1 is 1.10 bits per heavy atom. The number of fused-ring (bicyclic) bond motifs is 1. The third kappa shape index (κ3) is 4.76. The fourth-order valence-electron chi connectivity index (χ4n) is 2.87. The largest absolute Gasteiger partial charge is 0.497 e. The zero-order chi connectivity index (χ0) is 21.7. The van der Waals surface area contributed by atoms with Crippen molar-refractivity contribution in [1.82, 2.24) is 0 Å². The number of hydrogen-bond acceptors (Lipinski definition) is 7. The summed E-state index contributed by atoms with van der Waals surface area (Å²) >= 11 is 3.41. The van der Waals surface area contributed by atoms with E-state index in [1.54, 1.807) is 30.3 Å². The molecule has 0 atom stereocenters. The van der Waals surface area contributed by atoms with E-state index in [4.69, 9.17) is 23.4 Å². The number of carbonyl (C=O) groups is 1. The second-order valence-electron chi connectivity index (χ2n) is 6.37. The maximum Gasteiger partial charge on any atom is 0.338 e. The van der Waals surface area contributed by atoms with E-state index in [-0.39, 0.29) is 12.2 Å². The third-order valence-corrected chi connectivity index (χ3v) is 4.90. The van der Waals surface area contributed by atoms with Crippen molar-refractivity contribution in [2.45, 2.75) is 20.0 Å². The second kappa shape index (κ2) is 9.67. The van der Waals surface area contributed by atoms with Crippen LogP contribution in [0.3, 0.4) is 0 Å². The number of ether oxygens (including phenoxy) is 4. The Hall–Kier alpha value is -3.00. The maximum absolute atomic E-state index is 12.6. The summed E-state index contributed by atoms with van der Waals surface area (Å²) in [6.45, 7) is 2.42. The number of methoxy groups -OCH3 is 2. The van der Waals surface area contributed by atoms with Crippen LogP contribution in [-0.4, -0.2) is 26.8 Å². The van der Waals surface area contributed by atoms with Crippen molar-refractivity contribution in [3.8, 4) is 17.2 Å². The molecule has 0 bridgehead atoms. The van der Waals surface area contributed by atoms with Gasteiger partial charge in [-0.25, -0.2) is 9.59 Å². The Labute approximate surface area is 181 Å². The van der Waals surface area contributed by atoms with Crippen molar-refractivity contribution in [2.75, 3.05) is 20.8 Å². The van der Waals surface area contributed by atoms with Crippen LogP contribution in [0.2, 0.25) is 0 Å². The minimum Gasteiger partial charge on any atom is -0.497 e. The standard InChI is InChI=1S/C22H21BrO7/c1-4-7-28-21-17(23)8-13(9-19(21)27-3)22(25)29-12-14-10-20(24)30-18-11-15(26-2)5-6-16(14)18/h5-6,8-11H,4,7,12H2,1-3H3. The van der Waals surface area contributed by atoms with Gasteiger partial charge in [-0.2, -0.15) is 0 Å². The van der Waals surface area contributed by atoms with Crippen LogP contribution in [0, 0.1) is 0 Å². The van der Waals surface area contributed by atoms with Crippen LogP contribution in [0.5, 0.6) is 17.2 Å². The van der Waals surface area contributed by atoms with Crippen LogP contribution in [0.4, 0.5) is 0 Å². The van der Waals surface area contributed by atoms with E-state index in [2.05, 4.69) is 15.9 Å². The maximum atomic E-state index is 12.6. The summed E-state index contributed by atoms with van der Waals surface area (Å²) in [7, 11) is 3.02. The molecule has 7 nitrogen and oxygen atoms in total. The van der Waals surface area contributed by atoms with Crippen molar-refractivity contribution < 1.29 is 28.2 Å². The molecule has 0 fully saturated rings. The molecule has 0 spiro atoms. The molecule has 0 radical (unpaired) electrons. The van der Waals surface area contributed by atoms with Gasteiger partial charge in [-0.3, -0.25) is 0 Å². The van der Waals surface area contributed by atoms with Crippen LogP contribution in [-0.2, 0) is 11.3 Å². The van der Waals surface area contributed by atoms with E-state index in [0.717, 1.165) is 6.42 Å². The predicted octanol–water partition coefficient (Wildman–Crippen LogP) is 4.72. The Morgan fingerprint density at radius 2 is 1.90 bits per heavy atom. The van der Waals surface area contributed by atoms with Gasteiger partial charge in [0.15, 0.2) is 11.5 Å². The monoisotopic (exact) mass is 476 g/mol. The SMILES string of the molecule is CCCOc1c(Br)cc(C(=O)OCc2cc(=O)oc3cc(OC)ccc23)cc1OC. The summed E-state index contributed by atoms with van der Waals surface area (Å²) in [5.41, 5.74) is 0.640. The molecular weight excluding hydrogens is 456 g/mol. The highest BCUT2D eigenvalue weighted by molar-refractivity contribution is 9.10. The normalized spacial score (nSPS) is 10.7. The van der Waals surface area contributed by atoms with Crippen LogP contribution in [0.25, 0.3) is 11.0 Å². The molecule has 1 aromatic heterocycles. The van der Waals surface area contributed by atoms with E-state index in [1.807, 2.05) is 6.92 Å². The van der Waals surface area contributed by atoms with Gasteiger partial charge in [-0.1, -0.05) is 6.92 Å². The summed E-state index contributed by atoms with van der Waals surface area (Å²) in [5, 5.41) is 0.658. The van der Waals surface area contributed by atoms with Gasteiger partial charge in [0.05, 0.1) is 30.9 Å². The molecule has 3 rings (SSSR count). The quantitative estimate of drug-likeness (QED) is 0.343. The van der Waals surface area contributed by atoms with Gasteiger partial charge in [0.2, 0.25) is 0 Å². The summed E-state index contributed by atoms with van der Waals surface area (Å²) in [4.78, 5) is 24.5. The lowest BCUT2D eigenvalue weighted by atomic mass is 10.1. The Balaban J connectivity index is 1.84. The molecule has 3 aromatic rings. The van der Waals surface area contributed by atoms with Crippen molar-refractivity contribution in [3.63, 3.8) is 0 Å². The minimum atomic E-state index is -0.564. The summed E-state index contributed by atoms with van der Waals surface area (Å²) < 4.78 is 27.4. The topological polar surface area (TPSA) is 84.2 Å². The van der Waals surface area contributed by atoms with Crippen molar-refractivity contribution >= 4 is 32.9 Å². The average molecular weight is 477 g/mol. The number of rotatable bonds is 8. The van der Waals surface area contributed by atoms with E-state index in [9.17, 15) is 9.59 Å². The number of hydrogen-bond donors (Lipinski definition) is 0. The average Bonchev–Trinajstić information content (AvgIpc) is 2.75. The van der Waals surface area contributed by atoms with E-state index >= 15 is 0 Å². The molecule has 1 heterocycles. The van der Waals surface area contributed by atoms with Gasteiger partial charge >= 0.3 is 11.6 Å². The van der Waals surface area contributed by atoms with Gasteiger partial charge in [-0.05, 0) is 46.6 Å². The zero-order valence-electron chi connectivity index (χ0n) is 16.8. The third-order valence-electron chi connectivity index (χ3n) is 4.31. The van der Waals surface area contributed by atoms with Crippen molar-refractivity contribution in [1.29, 1.82) is 0 Å². The Morgan fingerprint density at radius 3 is 2.60 bits per heavy atom. The molecule has 30 heavy (non-hydrogen) atoms. The van der Waals surface area contributed by atoms with Gasteiger partial charge in [-0.15, -0.1) is 0 Å². The van der Waals surface area contributed by atoms with Gasteiger partial charge < -0.3 is 23.4 Å². The first kappa shape index (κ1) is 21.7. The van der Waals surface area contributed by atoms with Gasteiger partial charge in [0.1, 0.15) is 17.9 Å². The number of esters is 1. The highest BCUT2D eigenvalue weighted by Gasteiger charge is 2.17. The molecule has 0 saturated heterocycles. The summed E-state index contributed by atoms with van der Waals surface area (Å²) in [5.74, 6) is 0.937. The van der Waals surface area contributed by atoms with Crippen LogP contribution in [0.15, 0.2) is 50.1 Å². The zero-order valence-corrected chi connectivity index (χ0v) is 18.4. The summed E-state index contributed by atoms with van der Waals surface area (Å²) in [6, 6.07) is 9.57. The first-order chi connectivity index (χ1) is 14.5. The molecule has 158 valence electrons. The smallest absolute Gasteiger partial charge is 0.338 e. The predicted molar refractivity (Wildman–Crippen MR) is 115 cm³/mol. The lowest BCUT2D eigenvalue weighted by Gasteiger charge is -2.14. The van der Waals surface area contributed by atoms with E-state index < -0.39 is 11.6 Å². The molecule has 0 saturated carbocycles. The lowest BCUT2D eigenvalue weighted by molar-refractivity contribution is 0.0473. The summed E-state index contributed by atoms with van der Waals surface area (Å²) in [6.07, 6.45) is 0.838. The Bertz CT molecular complexity index is 1120. The first-order valence-corrected chi connectivity index (χ1v) is 10.0. The van der Waals surface area contributed by atoms with E-state index in [1.165, 1.54) is 20.3 Å². The number of carbonyl (C=O) groups excluding carboxylic acids is 1. The molecular formula is C22H21BrO7. The van der Waals surface area contributed by atoms with Gasteiger partial charge in [0, 0.05) is 23.1 Å². The molecule has 0 unspecified atom stereocenters. The molecule has 0 aliphatic carbocycles. The van der Waals surface area contributed by atoms with Crippen LogP contribution < -0.4 is 19.8 Å². The van der Waals surface area contributed by atoms with E-state index in [0.29, 0.717) is 44.9 Å². The fourth-order valence-corrected chi connectivity index (χ4v) is 3.42.